The van der Waals surface area contributed by atoms with Crippen molar-refractivity contribution in [3.05, 3.63) is 59.4 Å². The number of likely N-dealkylation sites (N-methyl/N-ethyl adjacent to an activating group) is 1. The summed E-state index contributed by atoms with van der Waals surface area (Å²) in [6, 6.07) is 13.1. The molecule has 2 aliphatic rings. The molecule has 4 atom stereocenters. The second-order valence-electron chi connectivity index (χ2n) is 8.80. The van der Waals surface area contributed by atoms with Crippen molar-refractivity contribution < 1.29 is 24.0 Å². The summed E-state index contributed by atoms with van der Waals surface area (Å²) < 4.78 is 11.9. The van der Waals surface area contributed by atoms with Crippen LogP contribution in [0.1, 0.15) is 24.5 Å². The first-order chi connectivity index (χ1) is 15.9. The molecule has 1 saturated carbocycles. The average molecular weight is 470 g/mol. The number of ether oxygens (including phenoxy) is 1. The van der Waals surface area contributed by atoms with Crippen LogP contribution < -0.4 is 10.1 Å². The number of nitrogens with one attached hydrogen (secondary N) is 1. The van der Waals surface area contributed by atoms with Crippen LogP contribution >= 0.6 is 11.6 Å². The Morgan fingerprint density at radius 3 is 2.73 bits per heavy atom. The number of fused-ring (bicyclic) bond motifs is 1. The lowest BCUT2D eigenvalue weighted by Crippen LogP contribution is -2.60. The summed E-state index contributed by atoms with van der Waals surface area (Å²) in [7, 11) is 1.58. The number of nitrogens with zero attached hydrogens (tertiary/aromatic N) is 2. The molecule has 1 spiro atoms. The first-order valence-electron chi connectivity index (χ1n) is 10.9. The second kappa shape index (κ2) is 8.26. The minimum absolute atomic E-state index is 0.209. The van der Waals surface area contributed by atoms with Crippen molar-refractivity contribution in [3.63, 3.8) is 0 Å². The van der Waals surface area contributed by atoms with Crippen molar-refractivity contribution in [2.45, 2.75) is 24.9 Å². The van der Waals surface area contributed by atoms with Gasteiger partial charge in [0.25, 0.3) is 0 Å². The lowest BCUT2D eigenvalue weighted by molar-refractivity contribution is -0.139. The molecule has 4 unspecified atom stereocenters. The maximum atomic E-state index is 13.1. The molecule has 1 saturated heterocycles. The number of rotatable bonds is 5. The highest BCUT2D eigenvalue weighted by molar-refractivity contribution is 6.35. The molecule has 2 amide bonds. The predicted octanol–water partition coefficient (Wildman–Crippen LogP) is 4.15. The van der Waals surface area contributed by atoms with Crippen LogP contribution in [0.4, 0.5) is 4.79 Å². The average Bonchev–Trinajstić information content (AvgIpc) is 3.50. The number of hydrogen-bond acceptors (Lipinski definition) is 5. The van der Waals surface area contributed by atoms with Crippen molar-refractivity contribution in [1.29, 1.82) is 0 Å². The maximum Gasteiger partial charge on any atom is 0.407 e. The predicted molar refractivity (Wildman–Crippen MR) is 121 cm³/mol. The van der Waals surface area contributed by atoms with E-state index in [1.165, 1.54) is 11.1 Å². The number of likely N-dealkylation sites (tertiary alicyclic amines) is 1. The smallest absolute Gasteiger partial charge is 0.407 e. The Hall–Kier alpha value is -3.26. The minimum atomic E-state index is -0.949. The van der Waals surface area contributed by atoms with E-state index in [-0.39, 0.29) is 23.3 Å². The van der Waals surface area contributed by atoms with Gasteiger partial charge < -0.3 is 24.6 Å². The largest absolute Gasteiger partial charge is 0.489 e. The number of carbonyl (C=O) groups excluding carboxylic acids is 1. The number of carboxylic acid groups (broad SMARTS) is 1. The van der Waals surface area contributed by atoms with Crippen LogP contribution in [0, 0.1) is 11.3 Å². The molecule has 2 aromatic carbocycles. The van der Waals surface area contributed by atoms with Gasteiger partial charge in [-0.3, -0.25) is 4.79 Å². The standard InChI is InChI=1S/C24H24ClN3O5/c1-26-22(29)20(18-8-10-27-33-18)21-19(12-24(21)9-11-28(13-24)23(30)31)32-17-7-6-16(25)14-4-2-3-5-15(14)17/h2-8,10,19-21H,9,11-13H2,1H3,(H,26,29)(H,30,31). The van der Waals surface area contributed by atoms with Gasteiger partial charge in [-0.05, 0) is 25.0 Å². The highest BCUT2D eigenvalue weighted by Gasteiger charge is 2.63. The van der Waals surface area contributed by atoms with Gasteiger partial charge in [-0.2, -0.15) is 0 Å². The molecule has 2 N–H and O–H groups in total. The molecule has 3 aromatic rings. The zero-order valence-corrected chi connectivity index (χ0v) is 18.8. The number of hydrogen-bond donors (Lipinski definition) is 2. The van der Waals surface area contributed by atoms with Crippen LogP contribution in [-0.4, -0.2) is 53.4 Å². The second-order valence-corrected chi connectivity index (χ2v) is 9.21. The topological polar surface area (TPSA) is 105 Å². The molecule has 33 heavy (non-hydrogen) atoms. The van der Waals surface area contributed by atoms with Gasteiger partial charge in [-0.15, -0.1) is 0 Å². The molecular weight excluding hydrogens is 446 g/mol. The molecule has 2 fully saturated rings. The van der Waals surface area contributed by atoms with Crippen LogP contribution in [0.5, 0.6) is 5.75 Å². The minimum Gasteiger partial charge on any atom is -0.489 e. The van der Waals surface area contributed by atoms with Crippen LogP contribution in [0.15, 0.2) is 53.2 Å². The Labute approximate surface area is 195 Å². The van der Waals surface area contributed by atoms with E-state index in [1.807, 2.05) is 30.3 Å². The molecule has 8 nitrogen and oxygen atoms in total. The normalized spacial score (nSPS) is 25.1. The Bertz CT molecular complexity index is 1200. The molecule has 1 aromatic heterocycles. The monoisotopic (exact) mass is 469 g/mol. The third-order valence-corrected chi connectivity index (χ3v) is 7.46. The van der Waals surface area contributed by atoms with Crippen LogP contribution in [0.2, 0.25) is 5.02 Å². The summed E-state index contributed by atoms with van der Waals surface area (Å²) in [5.74, 6) is -0.0187. The Morgan fingerprint density at radius 2 is 2.06 bits per heavy atom. The molecule has 172 valence electrons. The quantitative estimate of drug-likeness (QED) is 0.581. The summed E-state index contributed by atoms with van der Waals surface area (Å²) in [5, 5.41) is 18.5. The highest BCUT2D eigenvalue weighted by atomic mass is 35.5. The van der Waals surface area contributed by atoms with E-state index in [0.29, 0.717) is 42.5 Å². The fourth-order valence-corrected chi connectivity index (χ4v) is 5.82. The van der Waals surface area contributed by atoms with E-state index in [2.05, 4.69) is 10.5 Å². The Balaban J connectivity index is 1.53. The number of carbonyl (C=O) groups is 2. The summed E-state index contributed by atoms with van der Waals surface area (Å²) >= 11 is 6.38. The fraction of sp³-hybridized carbons (Fsp3) is 0.375. The van der Waals surface area contributed by atoms with Crippen molar-refractivity contribution in [2.75, 3.05) is 20.1 Å². The molecule has 1 aliphatic heterocycles. The number of amides is 2. The van der Waals surface area contributed by atoms with E-state index in [9.17, 15) is 14.7 Å². The molecule has 2 heterocycles. The number of benzene rings is 2. The Morgan fingerprint density at radius 1 is 1.27 bits per heavy atom. The maximum absolute atomic E-state index is 13.1. The molecular formula is C24H24ClN3O5. The van der Waals surface area contributed by atoms with Crippen molar-refractivity contribution in [2.24, 2.45) is 11.3 Å². The van der Waals surface area contributed by atoms with Crippen molar-refractivity contribution in [3.8, 4) is 5.75 Å². The van der Waals surface area contributed by atoms with Gasteiger partial charge in [0.05, 0.1) is 6.20 Å². The molecule has 0 radical (unpaired) electrons. The van der Waals surface area contributed by atoms with Gasteiger partial charge >= 0.3 is 6.09 Å². The van der Waals surface area contributed by atoms with Crippen LogP contribution in [-0.2, 0) is 4.79 Å². The lowest BCUT2D eigenvalue weighted by Gasteiger charge is -2.54. The van der Waals surface area contributed by atoms with Gasteiger partial charge in [0.1, 0.15) is 23.5 Å². The van der Waals surface area contributed by atoms with E-state index in [4.69, 9.17) is 20.9 Å². The summed E-state index contributed by atoms with van der Waals surface area (Å²) in [6.45, 7) is 0.787. The van der Waals surface area contributed by atoms with Gasteiger partial charge in [-0.25, -0.2) is 4.79 Å². The molecule has 5 rings (SSSR count). The van der Waals surface area contributed by atoms with E-state index >= 15 is 0 Å². The lowest BCUT2D eigenvalue weighted by atomic mass is 9.52. The number of halogens is 1. The fourth-order valence-electron chi connectivity index (χ4n) is 5.59. The molecule has 9 heteroatoms. The third-order valence-electron chi connectivity index (χ3n) is 7.13. The molecule has 0 bridgehead atoms. The Kier molecular flexibility index (Phi) is 5.40. The van der Waals surface area contributed by atoms with Crippen LogP contribution in [0.25, 0.3) is 10.8 Å². The van der Waals surface area contributed by atoms with Gasteiger partial charge in [0.15, 0.2) is 0 Å². The van der Waals surface area contributed by atoms with E-state index in [0.717, 1.165) is 10.8 Å². The number of aromatic nitrogens is 1. The summed E-state index contributed by atoms with van der Waals surface area (Å²) in [4.78, 5) is 26.1. The van der Waals surface area contributed by atoms with Crippen molar-refractivity contribution in [1.82, 2.24) is 15.4 Å². The van der Waals surface area contributed by atoms with Gasteiger partial charge in [0.2, 0.25) is 5.91 Å². The first kappa shape index (κ1) is 21.6. The zero-order chi connectivity index (χ0) is 23.2. The summed E-state index contributed by atoms with van der Waals surface area (Å²) in [6.07, 6.45) is 1.55. The van der Waals surface area contributed by atoms with Crippen molar-refractivity contribution >= 4 is 34.4 Å². The SMILES string of the molecule is CNC(=O)C(c1ccno1)C1C(Oc2ccc(Cl)c3ccccc23)CC12CCN(C(=O)O)C2. The van der Waals surface area contributed by atoms with Gasteiger partial charge in [-0.1, -0.05) is 41.0 Å². The van der Waals surface area contributed by atoms with E-state index < -0.39 is 12.0 Å². The summed E-state index contributed by atoms with van der Waals surface area (Å²) in [5.41, 5.74) is -0.380. The third kappa shape index (κ3) is 3.58. The highest BCUT2D eigenvalue weighted by Crippen LogP contribution is 2.59. The first-order valence-corrected chi connectivity index (χ1v) is 11.3. The van der Waals surface area contributed by atoms with E-state index in [1.54, 1.807) is 19.2 Å². The van der Waals surface area contributed by atoms with Crippen LogP contribution in [0.3, 0.4) is 0 Å². The van der Waals surface area contributed by atoms with Gasteiger partial charge in [0, 0.05) is 53.3 Å². The zero-order valence-electron chi connectivity index (χ0n) is 18.0. The molecule has 1 aliphatic carbocycles.